The van der Waals surface area contributed by atoms with Crippen molar-refractivity contribution in [3.05, 3.63) is 64.7 Å². The van der Waals surface area contributed by atoms with E-state index in [0.717, 1.165) is 21.6 Å². The van der Waals surface area contributed by atoms with Crippen LogP contribution in [0.3, 0.4) is 0 Å². The lowest BCUT2D eigenvalue weighted by Gasteiger charge is -2.22. The maximum atomic E-state index is 12.9. The van der Waals surface area contributed by atoms with Crippen molar-refractivity contribution in [3.8, 4) is 0 Å². The highest BCUT2D eigenvalue weighted by Crippen LogP contribution is 2.28. The van der Waals surface area contributed by atoms with Crippen molar-refractivity contribution in [1.82, 2.24) is 15.5 Å². The first-order valence-electron chi connectivity index (χ1n) is 9.96. The molecule has 0 aliphatic carbocycles. The Morgan fingerprint density at radius 2 is 1.58 bits per heavy atom. The molecule has 0 bridgehead atoms. The van der Waals surface area contributed by atoms with Crippen molar-refractivity contribution < 1.29 is 19.2 Å². The molecule has 1 heterocycles. The van der Waals surface area contributed by atoms with Gasteiger partial charge in [0, 0.05) is 5.69 Å². The largest absolute Gasteiger partial charge is 0.345 e. The monoisotopic (exact) mass is 422 g/mol. The number of amides is 5. The highest BCUT2D eigenvalue weighted by atomic mass is 16.2. The van der Waals surface area contributed by atoms with Gasteiger partial charge in [0.2, 0.25) is 11.8 Å². The smallest absolute Gasteiger partial charge is 0.325 e. The van der Waals surface area contributed by atoms with Crippen molar-refractivity contribution in [1.29, 1.82) is 0 Å². The zero-order chi connectivity index (χ0) is 22.8. The van der Waals surface area contributed by atoms with Crippen LogP contribution in [0.2, 0.25) is 0 Å². The van der Waals surface area contributed by atoms with E-state index in [1.165, 1.54) is 0 Å². The molecule has 1 fully saturated rings. The molecule has 3 rings (SSSR count). The van der Waals surface area contributed by atoms with Gasteiger partial charge < -0.3 is 16.0 Å². The zero-order valence-corrected chi connectivity index (χ0v) is 18.0. The molecule has 0 radical (unpaired) electrons. The average Bonchev–Trinajstić information content (AvgIpc) is 2.93. The van der Waals surface area contributed by atoms with E-state index in [1.807, 2.05) is 51.1 Å². The summed E-state index contributed by atoms with van der Waals surface area (Å²) in [6, 6.07) is 12.2. The first-order valence-corrected chi connectivity index (χ1v) is 9.96. The van der Waals surface area contributed by atoms with Gasteiger partial charge in [-0.1, -0.05) is 48.0 Å². The Labute approximate surface area is 181 Å². The quantitative estimate of drug-likeness (QED) is 0.620. The summed E-state index contributed by atoms with van der Waals surface area (Å²) in [6.45, 7) is 6.55. The third-order valence-corrected chi connectivity index (χ3v) is 5.40. The summed E-state index contributed by atoms with van der Waals surface area (Å²) in [7, 11) is 0. The number of hydrogen-bond acceptors (Lipinski definition) is 4. The Kier molecular flexibility index (Phi) is 6.10. The second-order valence-electron chi connectivity index (χ2n) is 7.90. The summed E-state index contributed by atoms with van der Waals surface area (Å²) in [5, 5.41) is 7.89. The van der Waals surface area contributed by atoms with E-state index in [1.54, 1.807) is 19.1 Å². The highest BCUT2D eigenvalue weighted by molar-refractivity contribution is 6.09. The lowest BCUT2D eigenvalue weighted by molar-refractivity contribution is -0.135. The number of hydrogen-bond donors (Lipinski definition) is 3. The number of para-hydroxylation sites is 1. The molecule has 8 nitrogen and oxygen atoms in total. The number of rotatable bonds is 6. The van der Waals surface area contributed by atoms with Crippen LogP contribution in [0.5, 0.6) is 0 Å². The minimum Gasteiger partial charge on any atom is -0.345 e. The molecule has 3 N–H and O–H groups in total. The molecule has 1 aliphatic rings. The van der Waals surface area contributed by atoms with Crippen LogP contribution < -0.4 is 16.0 Å². The standard InChI is InChI=1S/C23H26N4O4/c1-14-8-10-17(11-9-14)23(4)21(30)27(22(31)26-23)13-19(29)24-12-18(28)25-20-15(2)6-5-7-16(20)3/h5-11H,12-13H2,1-4H3,(H,24,29)(H,25,28)(H,26,31)/t23-/m1/s1. The van der Waals surface area contributed by atoms with Gasteiger partial charge in [0.15, 0.2) is 0 Å². The number of imide groups is 1. The van der Waals surface area contributed by atoms with E-state index in [-0.39, 0.29) is 6.54 Å². The zero-order valence-electron chi connectivity index (χ0n) is 18.0. The number of anilines is 1. The predicted octanol–water partition coefficient (Wildman–Crippen LogP) is 2.13. The highest BCUT2D eigenvalue weighted by Gasteiger charge is 2.49. The predicted molar refractivity (Wildman–Crippen MR) is 116 cm³/mol. The molecule has 8 heteroatoms. The minimum absolute atomic E-state index is 0.272. The van der Waals surface area contributed by atoms with Gasteiger partial charge >= 0.3 is 6.03 Å². The van der Waals surface area contributed by atoms with Crippen molar-refractivity contribution >= 4 is 29.4 Å². The van der Waals surface area contributed by atoms with E-state index in [9.17, 15) is 19.2 Å². The third kappa shape index (κ3) is 4.58. The number of nitrogens with one attached hydrogen (secondary N) is 3. The molecule has 31 heavy (non-hydrogen) atoms. The van der Waals surface area contributed by atoms with Crippen molar-refractivity contribution in [3.63, 3.8) is 0 Å². The van der Waals surface area contributed by atoms with Crippen molar-refractivity contribution in [2.24, 2.45) is 0 Å². The number of benzene rings is 2. The molecule has 1 aliphatic heterocycles. The molecule has 0 spiro atoms. The van der Waals surface area contributed by atoms with Gasteiger partial charge in [0.1, 0.15) is 12.1 Å². The fourth-order valence-corrected chi connectivity index (χ4v) is 3.50. The van der Waals surface area contributed by atoms with Crippen LogP contribution in [0, 0.1) is 20.8 Å². The van der Waals surface area contributed by atoms with E-state index >= 15 is 0 Å². The van der Waals surface area contributed by atoms with Crippen LogP contribution in [-0.2, 0) is 19.9 Å². The summed E-state index contributed by atoms with van der Waals surface area (Å²) < 4.78 is 0. The van der Waals surface area contributed by atoms with E-state index in [0.29, 0.717) is 11.3 Å². The summed E-state index contributed by atoms with van der Waals surface area (Å²) in [5.41, 5.74) is 2.94. The maximum absolute atomic E-state index is 12.9. The molecule has 0 saturated carbocycles. The van der Waals surface area contributed by atoms with Gasteiger partial charge in [0.05, 0.1) is 6.54 Å². The molecule has 2 aromatic rings. The fourth-order valence-electron chi connectivity index (χ4n) is 3.50. The summed E-state index contributed by atoms with van der Waals surface area (Å²) in [4.78, 5) is 50.6. The molecular weight excluding hydrogens is 396 g/mol. The molecule has 0 unspecified atom stereocenters. The Morgan fingerprint density at radius 3 is 2.19 bits per heavy atom. The summed E-state index contributed by atoms with van der Waals surface area (Å²) in [6.07, 6.45) is 0. The van der Waals surface area contributed by atoms with Gasteiger partial charge in [-0.3, -0.25) is 19.3 Å². The maximum Gasteiger partial charge on any atom is 0.325 e. The lowest BCUT2D eigenvalue weighted by Crippen LogP contribution is -2.44. The van der Waals surface area contributed by atoms with Crippen molar-refractivity contribution in [2.75, 3.05) is 18.4 Å². The third-order valence-electron chi connectivity index (χ3n) is 5.40. The molecular formula is C23H26N4O4. The van der Waals surface area contributed by atoms with Gasteiger partial charge in [-0.15, -0.1) is 0 Å². The number of carbonyl (C=O) groups is 4. The number of aryl methyl sites for hydroxylation is 3. The van der Waals surface area contributed by atoms with Crippen LogP contribution in [-0.4, -0.2) is 41.7 Å². The second kappa shape index (κ2) is 8.59. The Bertz CT molecular complexity index is 1030. The van der Waals surface area contributed by atoms with Crippen LogP contribution in [0.1, 0.15) is 29.2 Å². The second-order valence-corrected chi connectivity index (χ2v) is 7.90. The summed E-state index contributed by atoms with van der Waals surface area (Å²) in [5.74, 6) is -1.52. The number of urea groups is 1. The van der Waals surface area contributed by atoms with E-state index < -0.39 is 35.8 Å². The van der Waals surface area contributed by atoms with E-state index in [2.05, 4.69) is 16.0 Å². The molecule has 1 atom stereocenters. The van der Waals surface area contributed by atoms with E-state index in [4.69, 9.17) is 0 Å². The number of nitrogens with zero attached hydrogens (tertiary/aromatic N) is 1. The van der Waals surface area contributed by atoms with Crippen LogP contribution in [0.25, 0.3) is 0 Å². The topological polar surface area (TPSA) is 108 Å². The van der Waals surface area contributed by atoms with Crippen LogP contribution >= 0.6 is 0 Å². The number of carbonyl (C=O) groups excluding carboxylic acids is 4. The SMILES string of the molecule is Cc1ccc([C@@]2(C)NC(=O)N(CC(=O)NCC(=O)Nc3c(C)cccc3C)C2=O)cc1. The fraction of sp³-hybridized carbons (Fsp3) is 0.304. The first kappa shape index (κ1) is 22.0. The minimum atomic E-state index is -1.25. The lowest BCUT2D eigenvalue weighted by atomic mass is 9.91. The van der Waals surface area contributed by atoms with Crippen molar-refractivity contribution in [2.45, 2.75) is 33.2 Å². The molecule has 162 valence electrons. The van der Waals surface area contributed by atoms with Gasteiger partial charge in [-0.05, 0) is 44.4 Å². The Morgan fingerprint density at radius 1 is 0.968 bits per heavy atom. The van der Waals surface area contributed by atoms with Gasteiger partial charge in [-0.2, -0.15) is 0 Å². The Hall–Kier alpha value is -3.68. The molecule has 5 amide bonds. The Balaban J connectivity index is 1.59. The molecule has 2 aromatic carbocycles. The van der Waals surface area contributed by atoms with Gasteiger partial charge in [0.25, 0.3) is 5.91 Å². The van der Waals surface area contributed by atoms with Crippen LogP contribution in [0.15, 0.2) is 42.5 Å². The van der Waals surface area contributed by atoms with Gasteiger partial charge in [-0.25, -0.2) is 4.79 Å². The van der Waals surface area contributed by atoms with Crippen LogP contribution in [0.4, 0.5) is 10.5 Å². The molecule has 1 saturated heterocycles. The summed E-state index contributed by atoms with van der Waals surface area (Å²) >= 11 is 0. The molecule has 0 aromatic heterocycles. The normalized spacial score (nSPS) is 18.0. The first-order chi connectivity index (χ1) is 14.6. The average molecular weight is 422 g/mol.